The third-order valence-electron chi connectivity index (χ3n) is 12.1. The molecular weight excluding hydrogens is 775 g/mol. The van der Waals surface area contributed by atoms with Crippen LogP contribution in [0.2, 0.25) is 0 Å². The van der Waals surface area contributed by atoms with E-state index in [9.17, 15) is 0 Å². The maximum atomic E-state index is 5.49. The average molecular weight is 812 g/mol. The molecule has 0 bridgehead atoms. The van der Waals surface area contributed by atoms with Gasteiger partial charge >= 0.3 is 0 Å². The SMILES string of the molecule is C1=NC(c2ccc3sc4ccc5c(c6ccccc6n5-c5ccccc5)c4c3c2)C(c2nc(-c3ccccc3)nc(-c3ccccc3)n2)C=C1c1ccccc1-c1ccccc1. The van der Waals surface area contributed by atoms with Crippen LogP contribution in [0.15, 0.2) is 211 Å². The number of nitrogens with zero attached hydrogens (tertiary/aromatic N) is 5. The predicted octanol–water partition coefficient (Wildman–Crippen LogP) is 14.3. The average Bonchev–Trinajstić information content (AvgIpc) is 3.90. The van der Waals surface area contributed by atoms with Crippen LogP contribution in [0.3, 0.4) is 0 Å². The highest BCUT2D eigenvalue weighted by molar-refractivity contribution is 7.26. The summed E-state index contributed by atoms with van der Waals surface area (Å²) in [4.78, 5) is 21.2. The lowest BCUT2D eigenvalue weighted by Gasteiger charge is -2.26. The lowest BCUT2D eigenvalue weighted by atomic mass is 9.85. The summed E-state index contributed by atoms with van der Waals surface area (Å²) in [7, 11) is 0. The number of aliphatic imine (C=N–C) groups is 1. The second-order valence-corrected chi connectivity index (χ2v) is 16.8. The van der Waals surface area contributed by atoms with Crippen LogP contribution in [-0.2, 0) is 0 Å². The second kappa shape index (κ2) is 15.0. The van der Waals surface area contributed by atoms with Crippen LogP contribution in [0.25, 0.3) is 87.1 Å². The summed E-state index contributed by atoms with van der Waals surface area (Å²) in [5.41, 5.74) is 11.0. The van der Waals surface area contributed by atoms with Crippen LogP contribution in [0.5, 0.6) is 0 Å². The van der Waals surface area contributed by atoms with E-state index < -0.39 is 0 Å². The van der Waals surface area contributed by atoms with Crippen molar-refractivity contribution in [3.05, 3.63) is 223 Å². The number of hydrogen-bond donors (Lipinski definition) is 0. The number of benzene rings is 8. The van der Waals surface area contributed by atoms with Crippen molar-refractivity contribution in [1.82, 2.24) is 19.5 Å². The Hall–Kier alpha value is -7.80. The normalized spacial score (nSPS) is 15.1. The van der Waals surface area contributed by atoms with Gasteiger partial charge < -0.3 is 4.57 Å². The molecule has 11 aromatic rings. The van der Waals surface area contributed by atoms with Gasteiger partial charge in [0, 0.05) is 54.0 Å². The number of thiophene rings is 1. The van der Waals surface area contributed by atoms with Crippen molar-refractivity contribution in [1.29, 1.82) is 0 Å². The largest absolute Gasteiger partial charge is 0.309 e. The maximum absolute atomic E-state index is 5.49. The van der Waals surface area contributed by atoms with Gasteiger partial charge in [-0.1, -0.05) is 164 Å². The van der Waals surface area contributed by atoms with Gasteiger partial charge in [0.25, 0.3) is 0 Å². The van der Waals surface area contributed by atoms with E-state index in [0.717, 1.165) is 44.6 Å². The van der Waals surface area contributed by atoms with E-state index in [1.807, 2.05) is 47.7 Å². The molecular formula is C56H37N5S. The molecule has 2 unspecified atom stereocenters. The summed E-state index contributed by atoms with van der Waals surface area (Å²) in [6.45, 7) is 0. The zero-order chi connectivity index (χ0) is 41.0. The van der Waals surface area contributed by atoms with Gasteiger partial charge in [-0.15, -0.1) is 11.3 Å². The Kier molecular flexibility index (Phi) is 8.75. The molecule has 0 spiro atoms. The standard InChI is InChI=1S/C56H37N5S/c1-5-17-36(18-6-1)42-25-13-14-26-43(42)40-34-46(56-59-54(37-19-7-2-8-20-37)58-55(60-56)38-21-9-3-10-22-38)53(57-35-40)39-29-31-49-45(33-39)52-50(62-49)32-30-48-51(52)44-27-15-16-28-47(44)61(48)41-23-11-4-12-24-41/h1-35,46,53H. The lowest BCUT2D eigenvalue weighted by Crippen LogP contribution is -2.17. The number of fused-ring (bicyclic) bond motifs is 7. The van der Waals surface area contributed by atoms with Gasteiger partial charge in [-0.05, 0) is 70.3 Å². The highest BCUT2D eigenvalue weighted by Crippen LogP contribution is 2.47. The van der Waals surface area contributed by atoms with E-state index in [2.05, 4.69) is 181 Å². The van der Waals surface area contributed by atoms with E-state index in [1.54, 1.807) is 0 Å². The van der Waals surface area contributed by atoms with E-state index in [0.29, 0.717) is 17.5 Å². The fraction of sp³-hybridized carbons (Fsp3) is 0.0357. The molecule has 8 aromatic carbocycles. The van der Waals surface area contributed by atoms with Gasteiger partial charge in [-0.3, -0.25) is 4.99 Å². The summed E-state index contributed by atoms with van der Waals surface area (Å²) in [5.74, 6) is 1.64. The Balaban J connectivity index is 1.08. The summed E-state index contributed by atoms with van der Waals surface area (Å²) >= 11 is 1.85. The summed E-state index contributed by atoms with van der Waals surface area (Å²) < 4.78 is 4.91. The topological polar surface area (TPSA) is 56.0 Å². The highest BCUT2D eigenvalue weighted by atomic mass is 32.1. The molecule has 0 aliphatic carbocycles. The predicted molar refractivity (Wildman–Crippen MR) is 258 cm³/mol. The molecule has 0 fully saturated rings. The van der Waals surface area contributed by atoms with Crippen LogP contribution in [0, 0.1) is 0 Å². The fourth-order valence-electron chi connectivity index (χ4n) is 9.21. The van der Waals surface area contributed by atoms with Crippen molar-refractivity contribution in [2.45, 2.75) is 12.0 Å². The van der Waals surface area contributed by atoms with Crippen LogP contribution in [0.4, 0.5) is 0 Å². The van der Waals surface area contributed by atoms with E-state index in [4.69, 9.17) is 19.9 Å². The molecule has 0 saturated carbocycles. The quantitative estimate of drug-likeness (QED) is 0.161. The van der Waals surface area contributed by atoms with Gasteiger partial charge in [-0.2, -0.15) is 0 Å². The van der Waals surface area contributed by atoms with Crippen molar-refractivity contribution < 1.29 is 0 Å². The third-order valence-corrected chi connectivity index (χ3v) is 13.2. The number of dihydropyridines is 1. The Morgan fingerprint density at radius 2 is 1.05 bits per heavy atom. The monoisotopic (exact) mass is 811 g/mol. The van der Waals surface area contributed by atoms with E-state index >= 15 is 0 Å². The Bertz CT molecular complexity index is 3460. The summed E-state index contributed by atoms with van der Waals surface area (Å²) in [5, 5.41) is 5.02. The number of para-hydroxylation sites is 2. The van der Waals surface area contributed by atoms with Crippen molar-refractivity contribution in [2.24, 2.45) is 4.99 Å². The number of rotatable bonds is 7. The molecule has 12 rings (SSSR count). The molecule has 5 nitrogen and oxygen atoms in total. The lowest BCUT2D eigenvalue weighted by molar-refractivity contribution is 0.613. The zero-order valence-electron chi connectivity index (χ0n) is 33.5. The molecule has 1 aliphatic rings. The maximum Gasteiger partial charge on any atom is 0.163 e. The first-order valence-corrected chi connectivity index (χ1v) is 21.8. The molecule has 6 heteroatoms. The van der Waals surface area contributed by atoms with Crippen LogP contribution >= 0.6 is 11.3 Å². The first-order valence-electron chi connectivity index (χ1n) is 21.0. The Morgan fingerprint density at radius 3 is 1.76 bits per heavy atom. The van der Waals surface area contributed by atoms with Gasteiger partial charge in [0.1, 0.15) is 5.82 Å². The van der Waals surface area contributed by atoms with Gasteiger partial charge in [0.2, 0.25) is 0 Å². The van der Waals surface area contributed by atoms with Crippen LogP contribution in [0.1, 0.15) is 28.9 Å². The number of aromatic nitrogens is 4. The van der Waals surface area contributed by atoms with Gasteiger partial charge in [0.15, 0.2) is 11.6 Å². The Morgan fingerprint density at radius 1 is 0.452 bits per heavy atom. The molecule has 2 atom stereocenters. The molecule has 62 heavy (non-hydrogen) atoms. The molecule has 0 N–H and O–H groups in total. The van der Waals surface area contributed by atoms with Crippen LogP contribution in [-0.4, -0.2) is 25.7 Å². The van der Waals surface area contributed by atoms with E-state index in [-0.39, 0.29) is 12.0 Å². The van der Waals surface area contributed by atoms with Crippen molar-refractivity contribution in [3.63, 3.8) is 0 Å². The van der Waals surface area contributed by atoms with Crippen molar-refractivity contribution in [3.8, 4) is 39.6 Å². The fourth-order valence-corrected chi connectivity index (χ4v) is 10.3. The molecule has 0 radical (unpaired) electrons. The highest BCUT2D eigenvalue weighted by Gasteiger charge is 2.31. The summed E-state index contributed by atoms with van der Waals surface area (Å²) in [6.07, 6.45) is 4.39. The van der Waals surface area contributed by atoms with Crippen molar-refractivity contribution in [2.75, 3.05) is 0 Å². The molecule has 1 aliphatic heterocycles. The molecule has 292 valence electrons. The number of allylic oxidation sites excluding steroid dienone is 1. The minimum Gasteiger partial charge on any atom is -0.309 e. The number of hydrogen-bond acceptors (Lipinski definition) is 5. The molecule has 3 aromatic heterocycles. The third kappa shape index (κ3) is 6.15. The van der Waals surface area contributed by atoms with Gasteiger partial charge in [-0.25, -0.2) is 15.0 Å². The van der Waals surface area contributed by atoms with Crippen molar-refractivity contribution >= 4 is 65.1 Å². The molecule has 0 amide bonds. The summed E-state index contributed by atoms with van der Waals surface area (Å²) in [6, 6.07) is 70.2. The minimum atomic E-state index is -0.311. The first kappa shape index (κ1) is 36.1. The Labute approximate surface area is 362 Å². The molecule has 4 heterocycles. The van der Waals surface area contributed by atoms with E-state index in [1.165, 1.54) is 42.0 Å². The smallest absolute Gasteiger partial charge is 0.163 e. The first-order chi connectivity index (χ1) is 30.7. The van der Waals surface area contributed by atoms with Crippen LogP contribution < -0.4 is 0 Å². The second-order valence-electron chi connectivity index (χ2n) is 15.7. The minimum absolute atomic E-state index is 0.304. The van der Waals surface area contributed by atoms with Gasteiger partial charge in [0.05, 0.1) is 23.0 Å². The molecule has 0 saturated heterocycles. The zero-order valence-corrected chi connectivity index (χ0v) is 34.3.